The molecule has 0 bridgehead atoms. The Morgan fingerprint density at radius 2 is 1.49 bits per heavy atom. The number of amides is 1. The molecule has 3 aromatic carbocycles. The highest BCUT2D eigenvalue weighted by Crippen LogP contribution is 2.23. The number of carboxylic acids is 1. The van der Waals surface area contributed by atoms with Crippen molar-refractivity contribution >= 4 is 33.5 Å². The molecule has 3 rings (SSSR count). The van der Waals surface area contributed by atoms with Gasteiger partial charge < -0.3 is 10.4 Å². The molecule has 0 aliphatic heterocycles. The molecule has 3 aromatic rings. The Labute approximate surface area is 208 Å². The molecule has 3 N–H and O–H groups in total. The second-order valence-corrected chi connectivity index (χ2v) is 9.99. The highest BCUT2D eigenvalue weighted by molar-refractivity contribution is 7.89. The lowest BCUT2D eigenvalue weighted by Crippen LogP contribution is -2.41. The van der Waals surface area contributed by atoms with Gasteiger partial charge >= 0.3 is 5.97 Å². The summed E-state index contributed by atoms with van der Waals surface area (Å²) < 4.78 is 40.6. The van der Waals surface area contributed by atoms with Crippen molar-refractivity contribution in [3.05, 3.63) is 89.2 Å². The van der Waals surface area contributed by atoms with E-state index in [0.29, 0.717) is 10.6 Å². The van der Waals surface area contributed by atoms with E-state index in [1.54, 1.807) is 24.3 Å². The van der Waals surface area contributed by atoms with E-state index in [9.17, 15) is 27.5 Å². The van der Waals surface area contributed by atoms with Gasteiger partial charge in [-0.15, -0.1) is 0 Å². The van der Waals surface area contributed by atoms with Gasteiger partial charge in [0.1, 0.15) is 11.9 Å². The van der Waals surface area contributed by atoms with Crippen LogP contribution in [-0.4, -0.2) is 38.0 Å². The molecular weight excluding hydrogens is 495 g/mol. The van der Waals surface area contributed by atoms with Crippen molar-refractivity contribution in [2.45, 2.75) is 30.2 Å². The molecule has 1 atom stereocenters. The van der Waals surface area contributed by atoms with Gasteiger partial charge in [0.15, 0.2) is 0 Å². The van der Waals surface area contributed by atoms with Crippen LogP contribution in [-0.2, 0) is 26.0 Å². The van der Waals surface area contributed by atoms with E-state index in [1.165, 1.54) is 36.4 Å². The average molecular weight is 519 g/mol. The van der Waals surface area contributed by atoms with E-state index in [2.05, 4.69) is 10.0 Å². The highest BCUT2D eigenvalue weighted by Gasteiger charge is 2.25. The molecule has 1 unspecified atom stereocenters. The Morgan fingerprint density at radius 1 is 0.914 bits per heavy atom. The zero-order valence-corrected chi connectivity index (χ0v) is 20.2. The first-order valence-electron chi connectivity index (χ1n) is 10.8. The Morgan fingerprint density at radius 3 is 2.06 bits per heavy atom. The number of rotatable bonds is 11. The lowest BCUT2D eigenvalue weighted by Gasteiger charge is -2.15. The molecule has 0 fully saturated rings. The van der Waals surface area contributed by atoms with Gasteiger partial charge in [0, 0.05) is 11.6 Å². The van der Waals surface area contributed by atoms with E-state index in [1.807, 2.05) is 12.1 Å². The van der Waals surface area contributed by atoms with Crippen LogP contribution in [0, 0.1) is 5.82 Å². The monoisotopic (exact) mass is 518 g/mol. The summed E-state index contributed by atoms with van der Waals surface area (Å²) in [7, 11) is -4.08. The number of hydrogen-bond donors (Lipinski definition) is 3. The predicted octanol–water partition coefficient (Wildman–Crippen LogP) is 4.02. The number of sulfonamides is 1. The van der Waals surface area contributed by atoms with Crippen LogP contribution in [0.5, 0.6) is 0 Å². The summed E-state index contributed by atoms with van der Waals surface area (Å²) in [5.74, 6) is -2.01. The lowest BCUT2D eigenvalue weighted by molar-refractivity contribution is -0.139. The summed E-state index contributed by atoms with van der Waals surface area (Å²) >= 11 is 5.89. The third kappa shape index (κ3) is 7.88. The van der Waals surface area contributed by atoms with E-state index >= 15 is 0 Å². The molecule has 0 heterocycles. The third-order valence-corrected chi connectivity index (χ3v) is 6.95. The first kappa shape index (κ1) is 26.3. The number of carbonyl (C=O) groups is 2. The predicted molar refractivity (Wildman–Crippen MR) is 131 cm³/mol. The van der Waals surface area contributed by atoms with Crippen LogP contribution >= 0.6 is 11.6 Å². The summed E-state index contributed by atoms with van der Waals surface area (Å²) in [6.07, 6.45) is 0.277. The highest BCUT2D eigenvalue weighted by atomic mass is 35.5. The van der Waals surface area contributed by atoms with E-state index in [-0.39, 0.29) is 36.6 Å². The fraction of sp³-hybridized carbons (Fsp3) is 0.200. The first-order chi connectivity index (χ1) is 16.6. The summed E-state index contributed by atoms with van der Waals surface area (Å²) in [5, 5.41) is 12.7. The third-order valence-electron chi connectivity index (χ3n) is 5.21. The quantitative estimate of drug-likeness (QED) is 0.332. The van der Waals surface area contributed by atoms with Crippen LogP contribution in [0.3, 0.4) is 0 Å². The van der Waals surface area contributed by atoms with Crippen LogP contribution in [0.4, 0.5) is 4.39 Å². The molecule has 10 heteroatoms. The summed E-state index contributed by atoms with van der Waals surface area (Å²) in [4.78, 5) is 23.6. The fourth-order valence-electron chi connectivity index (χ4n) is 3.34. The van der Waals surface area contributed by atoms with Crippen LogP contribution in [0.2, 0.25) is 5.02 Å². The van der Waals surface area contributed by atoms with Crippen molar-refractivity contribution in [2.75, 3.05) is 6.54 Å². The van der Waals surface area contributed by atoms with Crippen LogP contribution in [0.1, 0.15) is 18.4 Å². The van der Waals surface area contributed by atoms with Crippen molar-refractivity contribution in [3.63, 3.8) is 0 Å². The molecule has 0 aliphatic rings. The zero-order chi connectivity index (χ0) is 25.4. The number of benzene rings is 3. The Kier molecular flexibility index (Phi) is 8.97. The van der Waals surface area contributed by atoms with Crippen molar-refractivity contribution < 1.29 is 27.5 Å². The van der Waals surface area contributed by atoms with Crippen LogP contribution in [0.15, 0.2) is 77.7 Å². The second kappa shape index (κ2) is 11.9. The zero-order valence-electron chi connectivity index (χ0n) is 18.6. The molecule has 1 amide bonds. The largest absolute Gasteiger partial charge is 0.480 e. The standard InChI is InChI=1S/C25H24ClFN2O5S/c26-20-9-5-18(6-10-20)19-7-13-22(14-8-19)35(33,34)29-23(25(31)32)2-1-15-28-24(30)16-17-3-11-21(27)12-4-17/h3-14,23,29H,1-2,15-16H2,(H,28,30)(H,31,32). The minimum absolute atomic E-state index is 0.0196. The molecule has 0 radical (unpaired) electrons. The van der Waals surface area contributed by atoms with Crippen LogP contribution in [0.25, 0.3) is 11.1 Å². The topological polar surface area (TPSA) is 113 Å². The summed E-state index contributed by atoms with van der Waals surface area (Å²) in [5.41, 5.74) is 2.28. The minimum Gasteiger partial charge on any atom is -0.480 e. The van der Waals surface area contributed by atoms with Gasteiger partial charge in [0.2, 0.25) is 15.9 Å². The number of hydrogen-bond acceptors (Lipinski definition) is 4. The van der Waals surface area contributed by atoms with Crippen LogP contribution < -0.4 is 10.0 Å². The van der Waals surface area contributed by atoms with Crippen molar-refractivity contribution in [3.8, 4) is 11.1 Å². The van der Waals surface area contributed by atoms with Gasteiger partial charge in [-0.2, -0.15) is 4.72 Å². The SMILES string of the molecule is O=C(Cc1ccc(F)cc1)NCCCC(NS(=O)(=O)c1ccc(-c2ccc(Cl)cc2)cc1)C(=O)O. The summed E-state index contributed by atoms with van der Waals surface area (Å²) in [6, 6.07) is 17.3. The molecule has 0 aromatic heterocycles. The average Bonchev–Trinajstić information content (AvgIpc) is 2.83. The number of aliphatic carboxylic acids is 1. The number of nitrogens with one attached hydrogen (secondary N) is 2. The second-order valence-electron chi connectivity index (χ2n) is 7.84. The molecule has 184 valence electrons. The molecule has 0 spiro atoms. The van der Waals surface area contributed by atoms with Crippen molar-refractivity contribution in [1.82, 2.24) is 10.0 Å². The summed E-state index contributed by atoms with van der Waals surface area (Å²) in [6.45, 7) is 0.168. The van der Waals surface area contributed by atoms with Gasteiger partial charge in [0.25, 0.3) is 0 Å². The van der Waals surface area contributed by atoms with Gasteiger partial charge in [-0.25, -0.2) is 12.8 Å². The van der Waals surface area contributed by atoms with Crippen molar-refractivity contribution in [2.24, 2.45) is 0 Å². The van der Waals surface area contributed by atoms with Gasteiger partial charge in [0.05, 0.1) is 11.3 Å². The van der Waals surface area contributed by atoms with Gasteiger partial charge in [-0.3, -0.25) is 9.59 Å². The first-order valence-corrected chi connectivity index (χ1v) is 12.6. The smallest absolute Gasteiger partial charge is 0.321 e. The maximum Gasteiger partial charge on any atom is 0.321 e. The van der Waals surface area contributed by atoms with E-state index in [4.69, 9.17) is 11.6 Å². The van der Waals surface area contributed by atoms with E-state index < -0.39 is 27.9 Å². The minimum atomic E-state index is -4.08. The molecule has 0 saturated carbocycles. The molecule has 35 heavy (non-hydrogen) atoms. The van der Waals surface area contributed by atoms with Crippen molar-refractivity contribution in [1.29, 1.82) is 0 Å². The Bertz CT molecular complexity index is 1260. The molecule has 7 nitrogen and oxygen atoms in total. The normalized spacial score (nSPS) is 12.2. The Balaban J connectivity index is 1.53. The number of carbonyl (C=O) groups excluding carboxylic acids is 1. The molecular formula is C25H24ClFN2O5S. The van der Waals surface area contributed by atoms with Gasteiger partial charge in [-0.05, 0) is 65.9 Å². The van der Waals surface area contributed by atoms with E-state index in [0.717, 1.165) is 11.1 Å². The maximum atomic E-state index is 12.9. The maximum absolute atomic E-state index is 12.9. The number of carboxylic acid groups (broad SMARTS) is 1. The number of halogens is 2. The Hall–Kier alpha value is -3.27. The molecule has 0 saturated heterocycles. The fourth-order valence-corrected chi connectivity index (χ4v) is 4.69. The molecule has 0 aliphatic carbocycles. The van der Waals surface area contributed by atoms with Gasteiger partial charge in [-0.1, -0.05) is 48.0 Å². The lowest BCUT2D eigenvalue weighted by atomic mass is 10.1.